The smallest absolute Gasteiger partial charge is 0.181 e. The number of carbonyl (C=O) groups is 1. The summed E-state index contributed by atoms with van der Waals surface area (Å²) in [5, 5.41) is 14.2. The summed E-state index contributed by atoms with van der Waals surface area (Å²) in [7, 11) is 0. The minimum atomic E-state index is -0.574. The van der Waals surface area contributed by atoms with E-state index in [0.29, 0.717) is 37.1 Å². The summed E-state index contributed by atoms with van der Waals surface area (Å²) in [4.78, 5) is 23.2. The molecule has 1 aromatic carbocycles. The van der Waals surface area contributed by atoms with Gasteiger partial charge in [-0.15, -0.1) is 0 Å². The molecule has 1 atom stereocenters. The number of benzene rings is 1. The Morgan fingerprint density at radius 2 is 2.13 bits per heavy atom. The van der Waals surface area contributed by atoms with Crippen molar-refractivity contribution in [1.82, 2.24) is 14.9 Å². The van der Waals surface area contributed by atoms with E-state index in [1.807, 2.05) is 18.2 Å². The number of pyridine rings is 1. The summed E-state index contributed by atoms with van der Waals surface area (Å²) >= 11 is 0. The van der Waals surface area contributed by atoms with Crippen molar-refractivity contribution < 1.29 is 23.8 Å². The Morgan fingerprint density at radius 1 is 1.28 bits per heavy atom. The van der Waals surface area contributed by atoms with Gasteiger partial charge < -0.3 is 24.3 Å². The van der Waals surface area contributed by atoms with E-state index in [0.717, 1.165) is 62.6 Å². The molecule has 4 heterocycles. The molecule has 1 fully saturated rings. The Morgan fingerprint density at radius 3 is 2.92 bits per heavy atom. The SMILES string of the molecule is Cc1c(OCc2cnco2)ccc2c1CCN(C[C@@H](O)CCC(=O)c1cc(NC3CCOCC3)ccn1)C2.S. The van der Waals surface area contributed by atoms with Crippen molar-refractivity contribution in [2.45, 2.75) is 64.3 Å². The highest BCUT2D eigenvalue weighted by Crippen LogP contribution is 2.30. The average molecular weight is 555 g/mol. The van der Waals surface area contributed by atoms with Crippen LogP contribution in [0.25, 0.3) is 0 Å². The van der Waals surface area contributed by atoms with Crippen LogP contribution >= 0.6 is 13.5 Å². The molecule has 0 spiro atoms. The van der Waals surface area contributed by atoms with Crippen LogP contribution in [0.15, 0.2) is 47.5 Å². The molecule has 9 nitrogen and oxygen atoms in total. The Balaban J connectivity index is 0.00000353. The van der Waals surface area contributed by atoms with Gasteiger partial charge in [0.25, 0.3) is 0 Å². The van der Waals surface area contributed by atoms with E-state index in [1.165, 1.54) is 17.5 Å². The number of nitrogens with one attached hydrogen (secondary N) is 1. The van der Waals surface area contributed by atoms with Gasteiger partial charge in [0.2, 0.25) is 0 Å². The third kappa shape index (κ3) is 7.82. The molecule has 0 saturated carbocycles. The number of hydrogen-bond donors (Lipinski definition) is 2. The first-order chi connectivity index (χ1) is 18.5. The van der Waals surface area contributed by atoms with Gasteiger partial charge in [0.15, 0.2) is 17.9 Å². The number of hydrogen-bond acceptors (Lipinski definition) is 9. The van der Waals surface area contributed by atoms with Gasteiger partial charge in [-0.3, -0.25) is 14.7 Å². The van der Waals surface area contributed by atoms with Crippen molar-refractivity contribution in [1.29, 1.82) is 0 Å². The summed E-state index contributed by atoms with van der Waals surface area (Å²) in [6.45, 7) is 6.12. The molecule has 0 radical (unpaired) electrons. The molecule has 0 amide bonds. The lowest BCUT2D eigenvalue weighted by Crippen LogP contribution is -2.37. The van der Waals surface area contributed by atoms with Crippen molar-refractivity contribution in [2.75, 3.05) is 31.6 Å². The lowest BCUT2D eigenvalue weighted by molar-refractivity contribution is 0.0833. The first kappa shape index (κ1) is 29.1. The zero-order valence-corrected chi connectivity index (χ0v) is 23.4. The molecule has 0 bridgehead atoms. The zero-order chi connectivity index (χ0) is 26.3. The van der Waals surface area contributed by atoms with Crippen LogP contribution in [0.5, 0.6) is 5.75 Å². The van der Waals surface area contributed by atoms with Crippen LogP contribution in [0.1, 0.15) is 58.6 Å². The molecule has 0 aliphatic carbocycles. The van der Waals surface area contributed by atoms with Gasteiger partial charge >= 0.3 is 0 Å². The number of carbonyl (C=O) groups excluding carboxylic acids is 1. The molecule has 0 unspecified atom stereocenters. The Hall–Kier alpha value is -2.92. The summed E-state index contributed by atoms with van der Waals surface area (Å²) in [5.41, 5.74) is 5.06. The number of anilines is 1. The highest BCUT2D eigenvalue weighted by molar-refractivity contribution is 7.59. The number of nitrogens with zero attached hydrogens (tertiary/aromatic N) is 3. The normalized spacial score (nSPS) is 16.7. The van der Waals surface area contributed by atoms with Gasteiger partial charge in [0.1, 0.15) is 18.1 Å². The fourth-order valence-corrected chi connectivity index (χ4v) is 5.22. The number of aliphatic hydroxyl groups is 1. The van der Waals surface area contributed by atoms with Crippen molar-refractivity contribution >= 4 is 25.0 Å². The molecule has 210 valence electrons. The Kier molecular flexibility index (Phi) is 10.4. The largest absolute Gasteiger partial charge is 0.485 e. The number of ketones is 1. The second kappa shape index (κ2) is 13.9. The van der Waals surface area contributed by atoms with E-state index in [-0.39, 0.29) is 25.7 Å². The van der Waals surface area contributed by atoms with Crippen LogP contribution in [0.3, 0.4) is 0 Å². The standard InChI is InChI=1S/C29H36N4O5.H2S/c1-20-26-7-11-33(16-21(26)2-5-29(20)37-18-25-15-30-19-38-25)17-24(34)3-4-28(35)27-14-23(6-10-31-27)32-22-8-12-36-13-9-22;/h2,5-6,10,14-15,19,22,24,34H,3-4,7-9,11-13,16-18H2,1H3,(H,31,32);1H2/t24-;/m0./s1. The van der Waals surface area contributed by atoms with Crippen LogP contribution in [-0.4, -0.2) is 64.2 Å². The van der Waals surface area contributed by atoms with E-state index in [4.69, 9.17) is 13.9 Å². The van der Waals surface area contributed by atoms with Crippen LogP contribution in [0, 0.1) is 6.92 Å². The summed E-state index contributed by atoms with van der Waals surface area (Å²) in [6.07, 6.45) is 7.64. The number of β-amino-alcohol motifs (C(OH)–C–C–N with tert-alkyl or cyclic N) is 1. The maximum atomic E-state index is 12.8. The minimum absolute atomic E-state index is 0. The summed E-state index contributed by atoms with van der Waals surface area (Å²) in [5.74, 6) is 1.50. The topological polar surface area (TPSA) is 110 Å². The molecule has 39 heavy (non-hydrogen) atoms. The molecule has 10 heteroatoms. The maximum absolute atomic E-state index is 12.8. The van der Waals surface area contributed by atoms with Gasteiger partial charge in [0.05, 0.1) is 12.3 Å². The average Bonchev–Trinajstić information content (AvgIpc) is 3.46. The van der Waals surface area contributed by atoms with Gasteiger partial charge in [0, 0.05) is 57.2 Å². The van der Waals surface area contributed by atoms with Gasteiger partial charge in [-0.05, 0) is 67.5 Å². The molecule has 2 aliphatic rings. The summed E-state index contributed by atoms with van der Waals surface area (Å²) in [6, 6.07) is 8.17. The van der Waals surface area contributed by atoms with Crippen LogP contribution in [-0.2, 0) is 24.3 Å². The fraction of sp³-hybridized carbons (Fsp3) is 0.483. The highest BCUT2D eigenvalue weighted by Gasteiger charge is 2.22. The molecule has 1 saturated heterocycles. The maximum Gasteiger partial charge on any atom is 0.181 e. The number of rotatable bonds is 11. The molecule has 2 aromatic heterocycles. The van der Waals surface area contributed by atoms with E-state index in [9.17, 15) is 9.90 Å². The third-order valence-electron chi connectivity index (χ3n) is 7.38. The third-order valence-corrected chi connectivity index (χ3v) is 7.38. The number of aromatic nitrogens is 2. The number of fused-ring (bicyclic) bond motifs is 1. The van der Waals surface area contributed by atoms with Gasteiger partial charge in [-0.25, -0.2) is 4.98 Å². The van der Waals surface area contributed by atoms with E-state index >= 15 is 0 Å². The second-order valence-corrected chi connectivity index (χ2v) is 10.1. The van der Waals surface area contributed by atoms with Crippen molar-refractivity contribution in [3.8, 4) is 5.75 Å². The van der Waals surface area contributed by atoms with Crippen LogP contribution in [0.2, 0.25) is 0 Å². The number of aliphatic hydroxyl groups excluding tert-OH is 1. The molecule has 2 aliphatic heterocycles. The first-order valence-electron chi connectivity index (χ1n) is 13.4. The number of oxazole rings is 1. The van der Waals surface area contributed by atoms with Crippen LogP contribution < -0.4 is 10.1 Å². The Labute approximate surface area is 236 Å². The lowest BCUT2D eigenvalue weighted by Gasteiger charge is -2.31. The predicted octanol–water partition coefficient (Wildman–Crippen LogP) is 4.04. The van der Waals surface area contributed by atoms with Crippen molar-refractivity contribution in [2.24, 2.45) is 0 Å². The quantitative estimate of drug-likeness (QED) is 0.339. The van der Waals surface area contributed by atoms with Crippen LogP contribution in [0.4, 0.5) is 5.69 Å². The van der Waals surface area contributed by atoms with Crippen molar-refractivity contribution in [3.05, 3.63) is 71.2 Å². The fourth-order valence-electron chi connectivity index (χ4n) is 5.22. The van der Waals surface area contributed by atoms with E-state index < -0.39 is 6.10 Å². The van der Waals surface area contributed by atoms with Gasteiger partial charge in [-0.2, -0.15) is 13.5 Å². The molecular weight excluding hydrogens is 516 g/mol. The molecular formula is C29H38N4O5S. The molecule has 3 aromatic rings. The highest BCUT2D eigenvalue weighted by atomic mass is 32.1. The Bertz CT molecular complexity index is 1220. The number of Topliss-reactive ketones (excluding diaryl/α,β-unsaturated/α-hetero) is 1. The summed E-state index contributed by atoms with van der Waals surface area (Å²) < 4.78 is 16.6. The molecule has 5 rings (SSSR count). The lowest BCUT2D eigenvalue weighted by atomic mass is 9.94. The van der Waals surface area contributed by atoms with Crippen molar-refractivity contribution in [3.63, 3.8) is 0 Å². The zero-order valence-electron chi connectivity index (χ0n) is 22.4. The monoisotopic (exact) mass is 554 g/mol. The molecule has 2 N–H and O–H groups in total. The van der Waals surface area contributed by atoms with Gasteiger partial charge in [-0.1, -0.05) is 6.07 Å². The second-order valence-electron chi connectivity index (χ2n) is 10.1. The first-order valence-corrected chi connectivity index (χ1v) is 13.4. The minimum Gasteiger partial charge on any atom is -0.485 e. The predicted molar refractivity (Wildman–Crippen MR) is 153 cm³/mol. The van der Waals surface area contributed by atoms with E-state index in [1.54, 1.807) is 12.4 Å². The number of ether oxygens (including phenoxy) is 2. The van der Waals surface area contributed by atoms with E-state index in [2.05, 4.69) is 33.2 Å².